The number of nitrogens with zero attached hydrogens (tertiary/aromatic N) is 2. The first-order chi connectivity index (χ1) is 10.5. The van der Waals surface area contributed by atoms with Crippen LogP contribution in [0.15, 0.2) is 27.5 Å². The number of rotatable bonds is 4. The molecule has 0 aromatic heterocycles. The molecule has 1 amide bonds. The number of benzene rings is 1. The molecule has 0 spiro atoms. The summed E-state index contributed by atoms with van der Waals surface area (Å²) in [5.74, 6) is -0.0771. The molecule has 0 fully saturated rings. The second-order valence-corrected chi connectivity index (χ2v) is 7.97. The highest BCUT2D eigenvalue weighted by molar-refractivity contribution is 8.15. The van der Waals surface area contributed by atoms with Crippen molar-refractivity contribution in [3.8, 4) is 0 Å². The van der Waals surface area contributed by atoms with Gasteiger partial charge in [0.2, 0.25) is 0 Å². The first-order valence-corrected chi connectivity index (χ1v) is 9.63. The molecule has 2 aliphatic rings. The maximum atomic E-state index is 12.1. The Morgan fingerprint density at radius 3 is 3.05 bits per heavy atom. The number of unbranched alkanes of at least 4 members (excludes halogenated alkanes) is 1. The van der Waals surface area contributed by atoms with E-state index in [0.717, 1.165) is 23.4 Å². The summed E-state index contributed by atoms with van der Waals surface area (Å²) in [7, 11) is -3.35. The highest BCUT2D eigenvalue weighted by Crippen LogP contribution is 2.42. The van der Waals surface area contributed by atoms with E-state index in [1.165, 1.54) is 11.8 Å². The number of anilines is 1. The number of carbonyl (C=O) groups excluding carboxylic acids is 1. The third kappa shape index (κ3) is 2.98. The molecular formula is C14H17N3O3S2. The van der Waals surface area contributed by atoms with Crippen LogP contribution in [0.5, 0.6) is 0 Å². The average molecular weight is 339 g/mol. The van der Waals surface area contributed by atoms with E-state index in [1.54, 1.807) is 12.1 Å². The van der Waals surface area contributed by atoms with Gasteiger partial charge in [-0.15, -0.1) is 4.40 Å². The molecule has 0 radical (unpaired) electrons. The number of carbonyl (C=O) groups is 1. The van der Waals surface area contributed by atoms with Gasteiger partial charge in [0.05, 0.1) is 11.4 Å². The molecular weight excluding hydrogens is 322 g/mol. The van der Waals surface area contributed by atoms with E-state index in [1.807, 2.05) is 11.0 Å². The van der Waals surface area contributed by atoms with Crippen molar-refractivity contribution in [1.82, 2.24) is 5.32 Å². The van der Waals surface area contributed by atoms with Gasteiger partial charge in [0.25, 0.3) is 15.9 Å². The summed E-state index contributed by atoms with van der Waals surface area (Å²) in [4.78, 5) is 14.8. The Hall–Kier alpha value is -1.54. The molecule has 0 saturated heterocycles. The van der Waals surface area contributed by atoms with Crippen molar-refractivity contribution < 1.29 is 13.2 Å². The van der Waals surface area contributed by atoms with E-state index < -0.39 is 10.0 Å². The van der Waals surface area contributed by atoms with Crippen LogP contribution in [-0.2, 0) is 10.0 Å². The molecule has 22 heavy (non-hydrogen) atoms. The summed E-state index contributed by atoms with van der Waals surface area (Å²) in [5.41, 5.74) is 1.51. The van der Waals surface area contributed by atoms with Gasteiger partial charge in [-0.3, -0.25) is 4.79 Å². The van der Waals surface area contributed by atoms with Crippen LogP contribution >= 0.6 is 11.8 Å². The average Bonchev–Trinajstić information content (AvgIpc) is 2.82. The molecule has 8 heteroatoms. The summed E-state index contributed by atoms with van der Waals surface area (Å²) in [6.07, 6.45) is 1.98. The molecule has 2 aliphatic heterocycles. The number of fused-ring (bicyclic) bond motifs is 3. The fourth-order valence-corrected chi connectivity index (χ4v) is 4.65. The lowest BCUT2D eigenvalue weighted by molar-refractivity contribution is 0.0953. The third-order valence-corrected chi connectivity index (χ3v) is 5.86. The van der Waals surface area contributed by atoms with Gasteiger partial charge in [0, 0.05) is 23.5 Å². The van der Waals surface area contributed by atoms with Crippen LogP contribution in [-0.4, -0.2) is 38.3 Å². The van der Waals surface area contributed by atoms with E-state index in [2.05, 4.69) is 16.6 Å². The Morgan fingerprint density at radius 1 is 1.45 bits per heavy atom. The number of thioether (sulfide) groups is 1. The van der Waals surface area contributed by atoms with Crippen LogP contribution in [0.1, 0.15) is 30.1 Å². The van der Waals surface area contributed by atoms with Gasteiger partial charge in [0.1, 0.15) is 0 Å². The zero-order chi connectivity index (χ0) is 15.7. The van der Waals surface area contributed by atoms with Crippen LogP contribution in [0.25, 0.3) is 0 Å². The monoisotopic (exact) mass is 339 g/mol. The molecule has 0 aliphatic carbocycles. The second kappa shape index (κ2) is 5.92. The normalized spacial score (nSPS) is 18.4. The van der Waals surface area contributed by atoms with Crippen molar-refractivity contribution in [1.29, 1.82) is 0 Å². The number of hydrogen-bond donors (Lipinski definition) is 1. The number of hydrogen-bond acceptors (Lipinski definition) is 5. The first kappa shape index (κ1) is 15.4. The number of nitrogens with one attached hydrogen (secondary N) is 1. The van der Waals surface area contributed by atoms with Gasteiger partial charge in [-0.05, 0) is 36.4 Å². The maximum absolute atomic E-state index is 12.1. The van der Waals surface area contributed by atoms with Crippen molar-refractivity contribution >= 4 is 38.5 Å². The standard InChI is InChI=1S/C14H17N3O3S2/c1-2-3-6-15-13(18)10-4-5-11-12(9-10)21-14-16-22(19,20)8-7-17(11)14/h4-5,9H,2-3,6-8H2,1H3,(H,15,18). The van der Waals surface area contributed by atoms with Crippen molar-refractivity contribution in [2.24, 2.45) is 4.40 Å². The lowest BCUT2D eigenvalue weighted by Crippen LogP contribution is -2.35. The number of amidine groups is 1. The SMILES string of the molecule is CCCCNC(=O)c1ccc2c(c1)SC1=NS(=O)(=O)CCN12. The minimum atomic E-state index is -3.35. The molecule has 1 aromatic carbocycles. The minimum absolute atomic E-state index is 0.0236. The van der Waals surface area contributed by atoms with E-state index in [4.69, 9.17) is 0 Å². The largest absolute Gasteiger partial charge is 0.352 e. The van der Waals surface area contributed by atoms with Gasteiger partial charge >= 0.3 is 0 Å². The Labute approximate surface area is 134 Å². The summed E-state index contributed by atoms with van der Waals surface area (Å²) in [5, 5.41) is 3.36. The summed E-state index contributed by atoms with van der Waals surface area (Å²) < 4.78 is 27.0. The lowest BCUT2D eigenvalue weighted by Gasteiger charge is -2.22. The Balaban J connectivity index is 1.82. The van der Waals surface area contributed by atoms with Crippen LogP contribution in [0.4, 0.5) is 5.69 Å². The Bertz CT molecular complexity index is 744. The predicted molar refractivity (Wildman–Crippen MR) is 88.1 cm³/mol. The predicted octanol–water partition coefficient (Wildman–Crippen LogP) is 1.83. The van der Waals surface area contributed by atoms with E-state index >= 15 is 0 Å². The zero-order valence-electron chi connectivity index (χ0n) is 12.2. The molecule has 118 valence electrons. The smallest absolute Gasteiger partial charge is 0.257 e. The topological polar surface area (TPSA) is 78.8 Å². The molecule has 6 nitrogen and oxygen atoms in total. The quantitative estimate of drug-likeness (QED) is 0.847. The highest BCUT2D eigenvalue weighted by Gasteiger charge is 2.33. The van der Waals surface area contributed by atoms with Gasteiger partial charge in [0.15, 0.2) is 5.17 Å². The van der Waals surface area contributed by atoms with Crippen LogP contribution in [0, 0.1) is 0 Å². The fourth-order valence-electron chi connectivity index (χ4n) is 2.35. The third-order valence-electron chi connectivity index (χ3n) is 3.55. The van der Waals surface area contributed by atoms with Gasteiger partial charge in [-0.2, -0.15) is 0 Å². The first-order valence-electron chi connectivity index (χ1n) is 7.20. The van der Waals surface area contributed by atoms with Gasteiger partial charge < -0.3 is 10.2 Å². The molecule has 1 N–H and O–H groups in total. The Kier molecular flexibility index (Phi) is 4.14. The molecule has 0 bridgehead atoms. The van der Waals surface area contributed by atoms with Crippen LogP contribution in [0.2, 0.25) is 0 Å². The fraction of sp³-hybridized carbons (Fsp3) is 0.429. The summed E-state index contributed by atoms with van der Waals surface area (Å²) in [6.45, 7) is 3.14. The van der Waals surface area contributed by atoms with Crippen molar-refractivity contribution in [3.05, 3.63) is 23.8 Å². The molecule has 2 heterocycles. The molecule has 0 atom stereocenters. The molecule has 0 unspecified atom stereocenters. The molecule has 0 saturated carbocycles. The molecule has 3 rings (SSSR count). The van der Waals surface area contributed by atoms with Crippen molar-refractivity contribution in [2.75, 3.05) is 23.7 Å². The number of amides is 1. The van der Waals surface area contributed by atoms with Gasteiger partial charge in [-0.25, -0.2) is 8.42 Å². The van der Waals surface area contributed by atoms with E-state index in [9.17, 15) is 13.2 Å². The summed E-state index contributed by atoms with van der Waals surface area (Å²) >= 11 is 1.30. The lowest BCUT2D eigenvalue weighted by atomic mass is 10.2. The van der Waals surface area contributed by atoms with Crippen molar-refractivity contribution in [3.63, 3.8) is 0 Å². The van der Waals surface area contributed by atoms with Crippen molar-refractivity contribution in [2.45, 2.75) is 24.7 Å². The Morgan fingerprint density at radius 2 is 2.27 bits per heavy atom. The van der Waals surface area contributed by atoms with E-state index in [-0.39, 0.29) is 11.7 Å². The zero-order valence-corrected chi connectivity index (χ0v) is 13.8. The van der Waals surface area contributed by atoms with Crippen LogP contribution < -0.4 is 10.2 Å². The van der Waals surface area contributed by atoms with Gasteiger partial charge in [-0.1, -0.05) is 13.3 Å². The maximum Gasteiger partial charge on any atom is 0.257 e. The second-order valence-electron chi connectivity index (χ2n) is 5.21. The highest BCUT2D eigenvalue weighted by atomic mass is 32.2. The van der Waals surface area contributed by atoms with Crippen LogP contribution in [0.3, 0.4) is 0 Å². The summed E-state index contributed by atoms with van der Waals surface area (Å²) in [6, 6.07) is 5.43. The number of sulfonamides is 1. The van der Waals surface area contributed by atoms with E-state index in [0.29, 0.717) is 23.8 Å². The molecule has 1 aromatic rings. The minimum Gasteiger partial charge on any atom is -0.352 e.